The number of carbonyl (C=O) groups excluding carboxylic acids is 2. The Hall–Kier alpha value is -3.61. The molecule has 0 saturated heterocycles. The van der Waals surface area contributed by atoms with Crippen LogP contribution in [0.1, 0.15) is 30.7 Å². The lowest BCUT2D eigenvalue weighted by atomic mass is 10.2. The molecular weight excluding hydrogens is 443 g/mol. The molecule has 1 heterocycles. The van der Waals surface area contributed by atoms with Crippen LogP contribution in [-0.4, -0.2) is 58.4 Å². The van der Waals surface area contributed by atoms with Crippen molar-refractivity contribution < 1.29 is 14.0 Å². The van der Waals surface area contributed by atoms with Crippen LogP contribution in [0.5, 0.6) is 0 Å². The minimum Gasteiger partial charge on any atom is -0.345 e. The van der Waals surface area contributed by atoms with Crippen molar-refractivity contribution in [1.29, 1.82) is 0 Å². The first-order valence-corrected chi connectivity index (χ1v) is 11.9. The number of benzene rings is 2. The number of hydrogen-bond acceptors (Lipinski definition) is 2. The van der Waals surface area contributed by atoms with Crippen LogP contribution in [0.2, 0.25) is 0 Å². The highest BCUT2D eigenvalue weighted by atomic mass is 19.1. The largest absolute Gasteiger partial charge is 0.345 e. The second-order valence-electron chi connectivity index (χ2n) is 9.44. The van der Waals surface area contributed by atoms with Crippen molar-refractivity contribution in [1.82, 2.24) is 19.3 Å². The molecule has 6 nitrogen and oxygen atoms in total. The number of hydrogen-bond donors (Lipinski definition) is 0. The second kappa shape index (κ2) is 12.2. The zero-order valence-corrected chi connectivity index (χ0v) is 21.0. The number of carbonyl (C=O) groups is 2. The Balaban J connectivity index is 1.82. The quantitative estimate of drug-likeness (QED) is 0.419. The molecule has 0 spiro atoms. The number of halogens is 1. The Kier molecular flexibility index (Phi) is 9.06. The van der Waals surface area contributed by atoms with Crippen LogP contribution < -0.4 is 0 Å². The van der Waals surface area contributed by atoms with Crippen molar-refractivity contribution in [2.75, 3.05) is 27.2 Å². The van der Waals surface area contributed by atoms with E-state index in [4.69, 9.17) is 0 Å². The smallest absolute Gasteiger partial charge is 0.319 e. The molecule has 0 aliphatic rings. The topological polar surface area (TPSA) is 48.8 Å². The predicted octanol–water partition coefficient (Wildman–Crippen LogP) is 4.84. The molecule has 0 atom stereocenters. The summed E-state index contributed by atoms with van der Waals surface area (Å²) in [5.41, 5.74) is 2.96. The monoisotopic (exact) mass is 478 g/mol. The van der Waals surface area contributed by atoms with E-state index in [2.05, 4.69) is 4.57 Å². The van der Waals surface area contributed by atoms with Gasteiger partial charge in [0.05, 0.1) is 6.54 Å². The van der Waals surface area contributed by atoms with Crippen LogP contribution in [0.15, 0.2) is 72.9 Å². The molecule has 35 heavy (non-hydrogen) atoms. The maximum absolute atomic E-state index is 13.6. The standard InChI is InChI=1S/C28H35FN4O2/c1-22(2)17-33(28(35)30(3)4)21-27(34)32(19-23-9-6-5-7-10-23)20-26-11-8-16-31(26)18-24-12-14-25(29)15-13-24/h5-16,22H,17-21H2,1-4H3. The Morgan fingerprint density at radius 3 is 2.17 bits per heavy atom. The van der Waals surface area contributed by atoms with Crippen LogP contribution >= 0.6 is 0 Å². The minimum absolute atomic E-state index is 0.0146. The molecule has 186 valence electrons. The normalized spacial score (nSPS) is 10.9. The summed E-state index contributed by atoms with van der Waals surface area (Å²) in [4.78, 5) is 31.2. The second-order valence-corrected chi connectivity index (χ2v) is 9.44. The Bertz CT molecular complexity index is 1090. The molecule has 1 aromatic heterocycles. The first-order chi connectivity index (χ1) is 16.7. The van der Waals surface area contributed by atoms with E-state index in [0.717, 1.165) is 16.8 Å². The number of amides is 3. The zero-order chi connectivity index (χ0) is 25.4. The van der Waals surface area contributed by atoms with Gasteiger partial charge in [0, 0.05) is 45.6 Å². The minimum atomic E-state index is -0.265. The average molecular weight is 479 g/mol. The van der Waals surface area contributed by atoms with Gasteiger partial charge in [0.15, 0.2) is 0 Å². The third-order valence-electron chi connectivity index (χ3n) is 5.68. The predicted molar refractivity (Wildman–Crippen MR) is 136 cm³/mol. The van der Waals surface area contributed by atoms with Gasteiger partial charge >= 0.3 is 6.03 Å². The fourth-order valence-corrected chi connectivity index (χ4v) is 3.96. The van der Waals surface area contributed by atoms with E-state index in [-0.39, 0.29) is 30.2 Å². The fraction of sp³-hybridized carbons (Fsp3) is 0.357. The molecule has 7 heteroatoms. The van der Waals surface area contributed by atoms with Crippen molar-refractivity contribution in [3.8, 4) is 0 Å². The van der Waals surface area contributed by atoms with Crippen molar-refractivity contribution in [2.45, 2.75) is 33.5 Å². The lowest BCUT2D eigenvalue weighted by molar-refractivity contribution is -0.133. The summed E-state index contributed by atoms with van der Waals surface area (Å²) in [6, 6.07) is 20.1. The van der Waals surface area contributed by atoms with Crippen LogP contribution in [-0.2, 0) is 24.4 Å². The highest BCUT2D eigenvalue weighted by molar-refractivity contribution is 5.84. The summed E-state index contributed by atoms with van der Waals surface area (Å²) in [5.74, 6) is -0.138. The van der Waals surface area contributed by atoms with Gasteiger partial charge in [-0.15, -0.1) is 0 Å². The molecule has 3 amide bonds. The summed E-state index contributed by atoms with van der Waals surface area (Å²) in [6.07, 6.45) is 1.96. The van der Waals surface area contributed by atoms with Gasteiger partial charge in [-0.25, -0.2) is 9.18 Å². The average Bonchev–Trinajstić information content (AvgIpc) is 3.25. The molecule has 0 saturated carbocycles. The third-order valence-corrected chi connectivity index (χ3v) is 5.68. The van der Waals surface area contributed by atoms with Crippen LogP contribution in [0.3, 0.4) is 0 Å². The molecular formula is C28H35FN4O2. The lowest BCUT2D eigenvalue weighted by Crippen LogP contribution is -2.47. The Morgan fingerprint density at radius 2 is 1.54 bits per heavy atom. The maximum atomic E-state index is 13.6. The molecule has 3 aromatic rings. The molecule has 0 radical (unpaired) electrons. The van der Waals surface area contributed by atoms with Gasteiger partial charge in [-0.1, -0.05) is 56.3 Å². The summed E-state index contributed by atoms with van der Waals surface area (Å²) in [7, 11) is 3.40. The van der Waals surface area contributed by atoms with Crippen molar-refractivity contribution in [3.05, 3.63) is 95.6 Å². The zero-order valence-electron chi connectivity index (χ0n) is 21.0. The molecule has 0 N–H and O–H groups in total. The van der Waals surface area contributed by atoms with Crippen molar-refractivity contribution >= 4 is 11.9 Å². The van der Waals surface area contributed by atoms with E-state index < -0.39 is 0 Å². The molecule has 0 bridgehead atoms. The highest BCUT2D eigenvalue weighted by Crippen LogP contribution is 2.15. The molecule has 0 fully saturated rings. The number of nitrogens with zero attached hydrogens (tertiary/aromatic N) is 4. The van der Waals surface area contributed by atoms with Crippen LogP contribution in [0.25, 0.3) is 0 Å². The van der Waals surface area contributed by atoms with E-state index in [1.165, 1.54) is 17.0 Å². The van der Waals surface area contributed by atoms with Crippen molar-refractivity contribution in [2.24, 2.45) is 5.92 Å². The van der Waals surface area contributed by atoms with Crippen molar-refractivity contribution in [3.63, 3.8) is 0 Å². The summed E-state index contributed by atoms with van der Waals surface area (Å²) < 4.78 is 15.4. The molecule has 0 aliphatic carbocycles. The van der Waals surface area contributed by atoms with E-state index in [9.17, 15) is 14.0 Å². The van der Waals surface area contributed by atoms with E-state index >= 15 is 0 Å². The number of rotatable bonds is 10. The first-order valence-electron chi connectivity index (χ1n) is 11.9. The van der Waals surface area contributed by atoms with Gasteiger partial charge in [-0.2, -0.15) is 0 Å². The van der Waals surface area contributed by atoms with Crippen LogP contribution in [0, 0.1) is 11.7 Å². The Labute approximate surface area is 207 Å². The molecule has 0 aliphatic heterocycles. The lowest BCUT2D eigenvalue weighted by Gasteiger charge is -2.30. The summed E-state index contributed by atoms with van der Waals surface area (Å²) in [5, 5.41) is 0. The molecule has 3 rings (SSSR count). The van der Waals surface area contributed by atoms with Gasteiger partial charge in [0.25, 0.3) is 0 Å². The van der Waals surface area contributed by atoms with E-state index in [1.54, 1.807) is 36.0 Å². The van der Waals surface area contributed by atoms with Gasteiger partial charge in [-0.05, 0) is 41.3 Å². The molecule has 2 aromatic carbocycles. The summed E-state index contributed by atoms with van der Waals surface area (Å²) in [6.45, 7) is 5.99. The van der Waals surface area contributed by atoms with Gasteiger partial charge in [-0.3, -0.25) is 4.79 Å². The van der Waals surface area contributed by atoms with Gasteiger partial charge in [0.1, 0.15) is 12.4 Å². The van der Waals surface area contributed by atoms with Crippen LogP contribution in [0.4, 0.5) is 9.18 Å². The third kappa shape index (κ3) is 7.70. The van der Waals surface area contributed by atoms with E-state index in [0.29, 0.717) is 26.2 Å². The maximum Gasteiger partial charge on any atom is 0.319 e. The number of urea groups is 1. The summed E-state index contributed by atoms with van der Waals surface area (Å²) >= 11 is 0. The van der Waals surface area contributed by atoms with Gasteiger partial charge < -0.3 is 19.3 Å². The van der Waals surface area contributed by atoms with Gasteiger partial charge in [0.2, 0.25) is 5.91 Å². The molecule has 0 unspecified atom stereocenters. The Morgan fingerprint density at radius 1 is 0.857 bits per heavy atom. The SMILES string of the molecule is CC(C)CN(CC(=O)N(Cc1ccccc1)Cc1cccn1Cc1ccc(F)cc1)C(=O)N(C)C. The fourth-order valence-electron chi connectivity index (χ4n) is 3.96. The van der Waals surface area contributed by atoms with E-state index in [1.807, 2.05) is 62.5 Å². The number of aromatic nitrogens is 1. The first kappa shape index (κ1) is 26.0. The highest BCUT2D eigenvalue weighted by Gasteiger charge is 2.24.